The van der Waals surface area contributed by atoms with Crippen LogP contribution >= 0.6 is 11.6 Å². The summed E-state index contributed by atoms with van der Waals surface area (Å²) in [5, 5.41) is 7.36. The van der Waals surface area contributed by atoms with Crippen molar-refractivity contribution in [3.63, 3.8) is 0 Å². The van der Waals surface area contributed by atoms with E-state index >= 15 is 0 Å². The normalized spacial score (nSPS) is 13.3. The Morgan fingerprint density at radius 1 is 1.08 bits per heavy atom. The summed E-state index contributed by atoms with van der Waals surface area (Å²) in [5.41, 5.74) is 4.58. The van der Waals surface area contributed by atoms with Crippen molar-refractivity contribution in [1.82, 2.24) is 5.43 Å². The van der Waals surface area contributed by atoms with Gasteiger partial charge in [-0.1, -0.05) is 11.6 Å². The van der Waals surface area contributed by atoms with E-state index in [1.807, 2.05) is 18.2 Å². The van der Waals surface area contributed by atoms with E-state index in [1.54, 1.807) is 31.2 Å². The molecule has 3 rings (SSSR count). The number of rotatable bonds is 3. The average Bonchev–Trinajstić information content (AvgIpc) is 2.61. The van der Waals surface area contributed by atoms with Gasteiger partial charge in [-0.3, -0.25) is 0 Å². The van der Waals surface area contributed by atoms with E-state index in [0.717, 1.165) is 5.56 Å². The molecular formula is C17H16ClN3O3. The lowest BCUT2D eigenvalue weighted by Crippen LogP contribution is -2.25. The number of hydrogen-bond donors (Lipinski definition) is 2. The summed E-state index contributed by atoms with van der Waals surface area (Å²) < 4.78 is 11.0. The fourth-order valence-corrected chi connectivity index (χ4v) is 2.29. The Balaban J connectivity index is 1.63. The van der Waals surface area contributed by atoms with Gasteiger partial charge in [0, 0.05) is 16.3 Å². The van der Waals surface area contributed by atoms with Crippen molar-refractivity contribution in [2.75, 3.05) is 18.5 Å². The average molecular weight is 346 g/mol. The minimum atomic E-state index is -0.436. The first-order valence-electron chi connectivity index (χ1n) is 7.39. The third-order valence-corrected chi connectivity index (χ3v) is 3.64. The number of hydrazone groups is 1. The lowest BCUT2D eigenvalue weighted by Gasteiger charge is -2.18. The predicted octanol–water partition coefficient (Wildman–Crippen LogP) is 3.66. The van der Waals surface area contributed by atoms with Crippen molar-refractivity contribution in [2.24, 2.45) is 5.10 Å². The Hall–Kier alpha value is -2.73. The van der Waals surface area contributed by atoms with Crippen molar-refractivity contribution in [3.8, 4) is 11.5 Å². The number of fused-ring (bicyclic) bond motifs is 1. The SMILES string of the molecule is C/C(=N\NC(=O)Nc1ccc(Cl)cc1)c1ccc2c(c1)OCCO2. The van der Waals surface area contributed by atoms with Crippen LogP contribution in [0.3, 0.4) is 0 Å². The number of anilines is 1. The highest BCUT2D eigenvalue weighted by Gasteiger charge is 2.12. The number of benzene rings is 2. The lowest BCUT2D eigenvalue weighted by molar-refractivity contribution is 0.171. The fraction of sp³-hybridized carbons (Fsp3) is 0.176. The van der Waals surface area contributed by atoms with Gasteiger partial charge in [-0.2, -0.15) is 5.10 Å². The van der Waals surface area contributed by atoms with Gasteiger partial charge in [0.15, 0.2) is 11.5 Å². The number of amides is 2. The molecule has 0 radical (unpaired) electrons. The van der Waals surface area contributed by atoms with E-state index in [1.165, 1.54) is 0 Å². The molecule has 0 spiro atoms. The van der Waals surface area contributed by atoms with Gasteiger partial charge < -0.3 is 14.8 Å². The Bertz CT molecular complexity index is 775. The third-order valence-electron chi connectivity index (χ3n) is 3.39. The maximum atomic E-state index is 11.9. The first-order valence-corrected chi connectivity index (χ1v) is 7.76. The van der Waals surface area contributed by atoms with Crippen molar-refractivity contribution < 1.29 is 14.3 Å². The second kappa shape index (κ2) is 7.23. The standard InChI is InChI=1S/C17H16ClN3O3/c1-11(12-2-7-15-16(10-12)24-9-8-23-15)20-21-17(22)19-14-5-3-13(18)4-6-14/h2-7,10H,8-9H2,1H3,(H2,19,21,22)/b20-11+. The Kier molecular flexibility index (Phi) is 4.86. The van der Waals surface area contributed by atoms with E-state index in [-0.39, 0.29) is 0 Å². The van der Waals surface area contributed by atoms with Crippen LogP contribution in [0.25, 0.3) is 0 Å². The highest BCUT2D eigenvalue weighted by atomic mass is 35.5. The monoisotopic (exact) mass is 345 g/mol. The molecule has 124 valence electrons. The minimum Gasteiger partial charge on any atom is -0.486 e. The Morgan fingerprint density at radius 2 is 1.79 bits per heavy atom. The van der Waals surface area contributed by atoms with Crippen LogP contribution in [0.2, 0.25) is 5.02 Å². The molecule has 2 aromatic carbocycles. The van der Waals surface area contributed by atoms with Crippen LogP contribution in [0.5, 0.6) is 11.5 Å². The Labute approximate surface area is 144 Å². The zero-order valence-electron chi connectivity index (χ0n) is 13.0. The van der Waals surface area contributed by atoms with E-state index in [9.17, 15) is 4.79 Å². The number of hydrogen-bond acceptors (Lipinski definition) is 4. The summed E-state index contributed by atoms with van der Waals surface area (Å²) in [4.78, 5) is 11.9. The summed E-state index contributed by atoms with van der Waals surface area (Å²) in [5.74, 6) is 1.39. The van der Waals surface area contributed by atoms with Gasteiger partial charge in [-0.05, 0) is 49.4 Å². The number of carbonyl (C=O) groups is 1. The van der Waals surface area contributed by atoms with Crippen LogP contribution in [0, 0.1) is 0 Å². The highest BCUT2D eigenvalue weighted by molar-refractivity contribution is 6.30. The molecular weight excluding hydrogens is 330 g/mol. The molecule has 24 heavy (non-hydrogen) atoms. The van der Waals surface area contributed by atoms with E-state index in [4.69, 9.17) is 21.1 Å². The molecule has 1 aliphatic rings. The molecule has 0 unspecified atom stereocenters. The molecule has 0 bridgehead atoms. The number of halogens is 1. The van der Waals surface area contributed by atoms with E-state index < -0.39 is 6.03 Å². The smallest absolute Gasteiger partial charge is 0.339 e. The van der Waals surface area contributed by atoms with Gasteiger partial charge in [0.25, 0.3) is 0 Å². The van der Waals surface area contributed by atoms with Gasteiger partial charge in [0.05, 0.1) is 5.71 Å². The van der Waals surface area contributed by atoms with Crippen molar-refractivity contribution in [1.29, 1.82) is 0 Å². The topological polar surface area (TPSA) is 72.0 Å². The number of urea groups is 1. The molecule has 1 aliphatic heterocycles. The lowest BCUT2D eigenvalue weighted by atomic mass is 10.1. The Morgan fingerprint density at radius 3 is 2.54 bits per heavy atom. The summed E-state index contributed by atoms with van der Waals surface area (Å²) in [7, 11) is 0. The van der Waals surface area contributed by atoms with Gasteiger partial charge in [-0.25, -0.2) is 10.2 Å². The molecule has 7 heteroatoms. The second-order valence-corrected chi connectivity index (χ2v) is 5.56. The van der Waals surface area contributed by atoms with Crippen LogP contribution < -0.4 is 20.2 Å². The number of nitrogens with zero attached hydrogens (tertiary/aromatic N) is 1. The molecule has 1 heterocycles. The zero-order valence-corrected chi connectivity index (χ0v) is 13.8. The molecule has 0 aromatic heterocycles. The molecule has 0 saturated carbocycles. The van der Waals surface area contributed by atoms with E-state index in [0.29, 0.717) is 41.1 Å². The number of nitrogens with one attached hydrogen (secondary N) is 2. The largest absolute Gasteiger partial charge is 0.486 e. The molecule has 6 nitrogen and oxygen atoms in total. The van der Waals surface area contributed by atoms with Crippen molar-refractivity contribution in [2.45, 2.75) is 6.92 Å². The van der Waals surface area contributed by atoms with Gasteiger partial charge >= 0.3 is 6.03 Å². The van der Waals surface area contributed by atoms with Crippen LogP contribution in [-0.4, -0.2) is 25.0 Å². The molecule has 0 fully saturated rings. The quantitative estimate of drug-likeness (QED) is 0.658. The molecule has 0 atom stereocenters. The molecule has 2 N–H and O–H groups in total. The van der Waals surface area contributed by atoms with E-state index in [2.05, 4.69) is 15.8 Å². The summed E-state index contributed by atoms with van der Waals surface area (Å²) in [6, 6.07) is 11.9. The van der Waals surface area contributed by atoms with Gasteiger partial charge in [0.2, 0.25) is 0 Å². The fourth-order valence-electron chi connectivity index (χ4n) is 2.16. The highest BCUT2D eigenvalue weighted by Crippen LogP contribution is 2.30. The molecule has 0 aliphatic carbocycles. The summed E-state index contributed by atoms with van der Waals surface area (Å²) >= 11 is 5.80. The van der Waals surface area contributed by atoms with Crippen LogP contribution in [0.4, 0.5) is 10.5 Å². The van der Waals surface area contributed by atoms with Crippen molar-refractivity contribution >= 4 is 29.0 Å². The van der Waals surface area contributed by atoms with Crippen LogP contribution in [0.1, 0.15) is 12.5 Å². The third kappa shape index (κ3) is 3.97. The molecule has 0 saturated heterocycles. The van der Waals surface area contributed by atoms with Crippen molar-refractivity contribution in [3.05, 3.63) is 53.1 Å². The molecule has 2 aromatic rings. The minimum absolute atomic E-state index is 0.436. The van der Waals surface area contributed by atoms with Crippen LogP contribution in [-0.2, 0) is 0 Å². The van der Waals surface area contributed by atoms with Crippen LogP contribution in [0.15, 0.2) is 47.6 Å². The first-order chi connectivity index (χ1) is 11.6. The maximum absolute atomic E-state index is 11.9. The zero-order chi connectivity index (χ0) is 16.9. The predicted molar refractivity (Wildman–Crippen MR) is 93.2 cm³/mol. The number of ether oxygens (including phenoxy) is 2. The maximum Gasteiger partial charge on any atom is 0.339 e. The van der Waals surface area contributed by atoms with Gasteiger partial charge in [-0.15, -0.1) is 0 Å². The molecule has 2 amide bonds. The first kappa shape index (κ1) is 16.1. The number of carbonyl (C=O) groups excluding carboxylic acids is 1. The summed E-state index contributed by atoms with van der Waals surface area (Å²) in [6.07, 6.45) is 0. The summed E-state index contributed by atoms with van der Waals surface area (Å²) in [6.45, 7) is 2.87. The second-order valence-electron chi connectivity index (χ2n) is 5.13. The van der Waals surface area contributed by atoms with Gasteiger partial charge in [0.1, 0.15) is 13.2 Å².